The van der Waals surface area contributed by atoms with Crippen LogP contribution >= 0.6 is 0 Å². The van der Waals surface area contributed by atoms with Gasteiger partial charge in [-0.25, -0.2) is 43.2 Å². The van der Waals surface area contributed by atoms with Crippen LogP contribution < -0.4 is 0 Å². The lowest BCUT2D eigenvalue weighted by Gasteiger charge is -2.26. The molecule has 0 saturated carbocycles. The van der Waals surface area contributed by atoms with E-state index in [0.717, 1.165) is 45.1 Å². The first-order valence-electron chi connectivity index (χ1n) is 41.4. The minimum Gasteiger partial charge on any atom is -0.463 e. The fourth-order valence-electron chi connectivity index (χ4n) is 9.26. The van der Waals surface area contributed by atoms with Gasteiger partial charge in [-0.05, 0) is 153 Å². The molecule has 718 valence electrons. The van der Waals surface area contributed by atoms with E-state index in [4.69, 9.17) is 71.1 Å². The van der Waals surface area contributed by atoms with Crippen molar-refractivity contribution in [2.24, 2.45) is 43.8 Å². The van der Waals surface area contributed by atoms with Gasteiger partial charge in [-0.2, -0.15) is 0 Å². The predicted octanol–water partition coefficient (Wildman–Crippen LogP) is 14.1. The van der Waals surface area contributed by atoms with Crippen molar-refractivity contribution in [3.63, 3.8) is 0 Å². The number of carbonyl (C=O) groups excluding carboxylic acids is 14. The zero-order valence-electron chi connectivity index (χ0n) is 82.2. The fraction of sp³-hybridized carbons (Fsp3) is 0.843. The minimum absolute atomic E-state index is 0.0276. The first-order valence-corrected chi connectivity index (χ1v) is 41.4. The Morgan fingerprint density at radius 3 is 0.934 bits per heavy atom. The first kappa shape index (κ1) is 128. The average molecular weight is 1760 g/mol. The Kier molecular flexibility index (Phi) is 68.9. The summed E-state index contributed by atoms with van der Waals surface area (Å²) in [5.74, 6) is -7.71. The summed E-state index contributed by atoms with van der Waals surface area (Å²) < 4.78 is 93.6. The molecule has 0 aromatic heterocycles. The Bertz CT molecular complexity index is 2930. The third-order valence-corrected chi connectivity index (χ3v) is 15.1. The molecule has 0 aromatic rings. The molecule has 12 atom stereocenters. The van der Waals surface area contributed by atoms with Gasteiger partial charge in [-0.15, -0.1) is 0 Å². The standard InChI is InChI=1S/C15H26O6.C13H22O6.3C13H24O5.C12H24O3.C10H20O3/c1-9(8-19-12(4)16)20-14(18)11(3)21-13(17)10(2)15(5,6)7;1-9(19-10(2)14)12(16)18-8-11(15)17-7-6-13(3,4)5;1-9(7-13(3,4)5)18-11(14)8-17-12(15)10(2)16-6;2*1-9(7-13(3,4)5)17-12(15)10(2)18-11(14)8-16-6;1-9(7-12(4,5)6)14-8-10(2)15-11(3)13;1-9(11)13-8-7-12-6-5-10(2,3)4/h9-11H,8H2,1-7H3;9H,6-8H2,1-5H3;3*9-10H,7-8H2,1-6H3;9-10H,7-8H2,1-6H3;5-8H2,1-4H3. The van der Waals surface area contributed by atoms with Crippen molar-refractivity contribution in [2.45, 2.75) is 362 Å². The summed E-state index contributed by atoms with van der Waals surface area (Å²) in [6, 6.07) is 0. The highest BCUT2D eigenvalue weighted by molar-refractivity contribution is 5.83. The summed E-state index contributed by atoms with van der Waals surface area (Å²) in [4.78, 5) is 157. The number of ether oxygens (including phenoxy) is 19. The van der Waals surface area contributed by atoms with Crippen LogP contribution in [-0.2, 0) is 157 Å². The molecule has 33 nitrogen and oxygen atoms in total. The maximum atomic E-state index is 11.9. The van der Waals surface area contributed by atoms with Gasteiger partial charge >= 0.3 is 83.6 Å². The van der Waals surface area contributed by atoms with Gasteiger partial charge in [0.2, 0.25) is 0 Å². The average Bonchev–Trinajstić information content (AvgIpc) is 0.873. The van der Waals surface area contributed by atoms with E-state index < -0.39 is 115 Å². The van der Waals surface area contributed by atoms with E-state index in [1.165, 1.54) is 76.7 Å². The number of carbonyl (C=O) groups is 14. The van der Waals surface area contributed by atoms with Crippen molar-refractivity contribution in [2.75, 3.05) is 87.4 Å². The number of methoxy groups -OCH3 is 3. The molecule has 0 bridgehead atoms. The number of rotatable bonds is 40. The second-order valence-electron chi connectivity index (χ2n) is 37.9. The van der Waals surface area contributed by atoms with Crippen molar-refractivity contribution < 1.29 is 157 Å². The predicted molar refractivity (Wildman–Crippen MR) is 457 cm³/mol. The van der Waals surface area contributed by atoms with Crippen molar-refractivity contribution in [3.05, 3.63) is 0 Å². The largest absolute Gasteiger partial charge is 0.463 e. The van der Waals surface area contributed by atoms with Gasteiger partial charge < -0.3 is 90.0 Å². The summed E-state index contributed by atoms with van der Waals surface area (Å²) in [7, 11) is 4.17. The highest BCUT2D eigenvalue weighted by Gasteiger charge is 2.33. The SMILES string of the molecule is CC(=O)OC(C)C(=O)OCC(=O)OCCC(C)(C)C.CC(=O)OC(C)COC(C)CC(C)(C)C.CC(=O)OCC(C)OC(=O)C(C)OC(=O)C(C)C(C)(C)C.CC(=O)OCCOCCC(C)(C)C.COC(C)C(=O)OCC(=O)OC(C)CC(C)(C)C.COCC(=O)OC(C)C(=O)OC(C)CC(C)(C)C.COCC(=O)OC(C)C(=O)OC(C)CC(C)(C)C. The van der Waals surface area contributed by atoms with Gasteiger partial charge in [0.05, 0.1) is 50.2 Å². The van der Waals surface area contributed by atoms with E-state index in [1.807, 2.05) is 76.2 Å². The minimum atomic E-state index is -1.03. The van der Waals surface area contributed by atoms with Crippen LogP contribution in [0.4, 0.5) is 0 Å². The van der Waals surface area contributed by atoms with Crippen LogP contribution in [0.1, 0.15) is 295 Å². The lowest BCUT2D eigenvalue weighted by molar-refractivity contribution is -0.175. The van der Waals surface area contributed by atoms with E-state index in [2.05, 4.69) is 123 Å². The van der Waals surface area contributed by atoms with Crippen molar-refractivity contribution in [1.29, 1.82) is 0 Å². The second-order valence-corrected chi connectivity index (χ2v) is 37.9. The van der Waals surface area contributed by atoms with Crippen LogP contribution in [-0.4, -0.2) is 238 Å². The molecule has 0 amide bonds. The van der Waals surface area contributed by atoms with Crippen molar-refractivity contribution >= 4 is 83.6 Å². The molecule has 0 saturated heterocycles. The van der Waals surface area contributed by atoms with Gasteiger partial charge in [0.15, 0.2) is 43.7 Å². The number of hydrogen-bond donors (Lipinski definition) is 0. The molecule has 0 aliphatic rings. The van der Waals surface area contributed by atoms with E-state index in [9.17, 15) is 67.1 Å². The highest BCUT2D eigenvalue weighted by atomic mass is 16.7. The van der Waals surface area contributed by atoms with Gasteiger partial charge in [-0.1, -0.05) is 152 Å². The molecule has 0 aliphatic carbocycles. The van der Waals surface area contributed by atoms with E-state index in [-0.39, 0.29) is 114 Å². The van der Waals surface area contributed by atoms with E-state index in [0.29, 0.717) is 25.2 Å². The Labute approximate surface area is 730 Å². The van der Waals surface area contributed by atoms with E-state index >= 15 is 0 Å². The lowest BCUT2D eigenvalue weighted by atomic mass is 9.82. The normalized spacial score (nSPS) is 14.3. The molecule has 0 N–H and O–H groups in total. The molecule has 0 aliphatic heterocycles. The topological polar surface area (TPSA) is 414 Å². The summed E-state index contributed by atoms with van der Waals surface area (Å²) in [5.41, 5.74) is 0.641. The molecule has 12 unspecified atom stereocenters. The van der Waals surface area contributed by atoms with Crippen LogP contribution in [0.3, 0.4) is 0 Å². The summed E-state index contributed by atoms with van der Waals surface area (Å²) in [5, 5.41) is 0. The van der Waals surface area contributed by atoms with Crippen LogP contribution in [0.25, 0.3) is 0 Å². The Balaban J connectivity index is -0.000000254. The van der Waals surface area contributed by atoms with Gasteiger partial charge in [-0.3, -0.25) is 24.0 Å². The maximum Gasteiger partial charge on any atom is 0.347 e. The van der Waals surface area contributed by atoms with Crippen molar-refractivity contribution in [3.8, 4) is 0 Å². The number of esters is 14. The van der Waals surface area contributed by atoms with Crippen LogP contribution in [0.5, 0.6) is 0 Å². The summed E-state index contributed by atoms with van der Waals surface area (Å²) >= 11 is 0. The van der Waals surface area contributed by atoms with Gasteiger partial charge in [0.1, 0.15) is 38.6 Å². The quantitative estimate of drug-likeness (QED) is 0.0312. The van der Waals surface area contributed by atoms with Crippen LogP contribution in [0.2, 0.25) is 0 Å². The third kappa shape index (κ3) is 91.6. The zero-order valence-corrected chi connectivity index (χ0v) is 82.2. The summed E-state index contributed by atoms with van der Waals surface area (Å²) in [6.07, 6.45) is -0.704. The molecular formula is C89H164O33. The molecule has 0 spiro atoms. The monoisotopic (exact) mass is 1760 g/mol. The van der Waals surface area contributed by atoms with Gasteiger partial charge in [0.25, 0.3) is 0 Å². The Morgan fingerprint density at radius 2 is 0.582 bits per heavy atom. The molecular weight excluding hydrogens is 1600 g/mol. The number of hydrogen-bond acceptors (Lipinski definition) is 33. The Hall–Kier alpha value is -7.62. The molecule has 0 heterocycles. The van der Waals surface area contributed by atoms with E-state index in [1.54, 1.807) is 20.8 Å². The third-order valence-electron chi connectivity index (χ3n) is 15.1. The van der Waals surface area contributed by atoms with Gasteiger partial charge in [0, 0.05) is 55.6 Å². The van der Waals surface area contributed by atoms with Crippen LogP contribution in [0.15, 0.2) is 0 Å². The summed E-state index contributed by atoms with van der Waals surface area (Å²) in [6.45, 7) is 69.9. The lowest BCUT2D eigenvalue weighted by Crippen LogP contribution is -2.35. The second kappa shape index (κ2) is 65.9. The Morgan fingerprint density at radius 1 is 0.254 bits per heavy atom. The van der Waals surface area contributed by atoms with Crippen molar-refractivity contribution in [1.82, 2.24) is 0 Å². The zero-order chi connectivity index (χ0) is 97.3. The molecule has 0 aromatic carbocycles. The molecule has 0 fully saturated rings. The fourth-order valence-corrected chi connectivity index (χ4v) is 9.26. The van der Waals surface area contributed by atoms with Crippen LogP contribution in [0, 0.1) is 43.8 Å². The highest BCUT2D eigenvalue weighted by Crippen LogP contribution is 2.29. The smallest absolute Gasteiger partial charge is 0.347 e. The maximum absolute atomic E-state index is 11.9. The molecule has 33 heteroatoms. The molecule has 0 radical (unpaired) electrons. The molecule has 0 rings (SSSR count). The molecule has 122 heavy (non-hydrogen) atoms. The first-order chi connectivity index (χ1) is 55.1.